The maximum absolute atomic E-state index is 12.2. The van der Waals surface area contributed by atoms with Crippen molar-refractivity contribution in [1.29, 1.82) is 5.26 Å². The third-order valence-corrected chi connectivity index (χ3v) is 4.79. The van der Waals surface area contributed by atoms with E-state index >= 15 is 0 Å². The van der Waals surface area contributed by atoms with E-state index in [0.29, 0.717) is 27.8 Å². The second-order valence-corrected chi connectivity index (χ2v) is 6.50. The van der Waals surface area contributed by atoms with Gasteiger partial charge >= 0.3 is 0 Å². The Labute approximate surface area is 148 Å². The first-order chi connectivity index (χ1) is 11.6. The van der Waals surface area contributed by atoms with Crippen molar-refractivity contribution in [3.63, 3.8) is 0 Å². The second kappa shape index (κ2) is 8.57. The van der Waals surface area contributed by atoms with Crippen LogP contribution in [-0.4, -0.2) is 34.9 Å². The van der Waals surface area contributed by atoms with Gasteiger partial charge in [0, 0.05) is 6.42 Å². The molecule has 2 aromatic rings. The number of carbonyl (C=O) groups is 1. The first-order valence-corrected chi connectivity index (χ1v) is 9.17. The fraction of sp³-hybridized carbons (Fsp3) is 0.250. The lowest BCUT2D eigenvalue weighted by molar-refractivity contribution is -0.116. The molecule has 1 heterocycles. The zero-order chi connectivity index (χ0) is 17.5. The van der Waals surface area contributed by atoms with Crippen LogP contribution in [-0.2, 0) is 11.2 Å². The van der Waals surface area contributed by atoms with Crippen molar-refractivity contribution in [3.8, 4) is 11.8 Å². The number of hydrogen-bond donors (Lipinski definition) is 1. The smallest absolute Gasteiger partial charge is 0.222 e. The van der Waals surface area contributed by atoms with E-state index in [0.717, 1.165) is 5.56 Å². The van der Waals surface area contributed by atoms with Crippen LogP contribution in [0.25, 0.3) is 0 Å². The van der Waals surface area contributed by atoms with Crippen molar-refractivity contribution in [2.75, 3.05) is 24.9 Å². The van der Waals surface area contributed by atoms with Gasteiger partial charge in [-0.25, -0.2) is 9.97 Å². The molecule has 8 heteroatoms. The molecule has 2 N–H and O–H groups in total. The number of hydrogen-bond acceptors (Lipinski definition) is 8. The molecule has 0 unspecified atom stereocenters. The van der Waals surface area contributed by atoms with E-state index in [4.69, 9.17) is 10.5 Å². The Balaban J connectivity index is 2.06. The van der Waals surface area contributed by atoms with Crippen molar-refractivity contribution in [1.82, 2.24) is 9.97 Å². The largest absolute Gasteiger partial charge is 0.497 e. The van der Waals surface area contributed by atoms with Crippen molar-refractivity contribution >= 4 is 35.3 Å². The molecule has 0 fully saturated rings. The van der Waals surface area contributed by atoms with Crippen LogP contribution in [0.5, 0.6) is 5.75 Å². The van der Waals surface area contributed by atoms with E-state index in [1.165, 1.54) is 23.5 Å². The van der Waals surface area contributed by atoms with E-state index < -0.39 is 0 Å². The number of carbonyl (C=O) groups excluding carboxylic acids is 1. The lowest BCUT2D eigenvalue weighted by Crippen LogP contribution is -2.08. The summed E-state index contributed by atoms with van der Waals surface area (Å²) in [6.07, 6.45) is 2.10. The highest BCUT2D eigenvalue weighted by Crippen LogP contribution is 2.28. The Hall–Kier alpha value is -2.24. The highest BCUT2D eigenvalue weighted by Gasteiger charge is 2.15. The van der Waals surface area contributed by atoms with Gasteiger partial charge in [-0.3, -0.25) is 4.79 Å². The molecular formula is C16H16N4O2S2. The van der Waals surface area contributed by atoms with E-state index in [1.807, 2.05) is 30.5 Å². The molecule has 0 spiro atoms. The number of ether oxygens (including phenoxy) is 1. The van der Waals surface area contributed by atoms with Crippen LogP contribution in [0.15, 0.2) is 34.3 Å². The Morgan fingerprint density at radius 1 is 1.38 bits per heavy atom. The van der Waals surface area contributed by atoms with Gasteiger partial charge in [0.2, 0.25) is 5.95 Å². The average molecular weight is 360 g/mol. The Bertz CT molecular complexity index is 790. The number of benzene rings is 1. The summed E-state index contributed by atoms with van der Waals surface area (Å²) in [5.74, 6) is 1.05. The molecule has 0 aliphatic carbocycles. The van der Waals surface area contributed by atoms with Crippen molar-refractivity contribution in [2.24, 2.45) is 0 Å². The summed E-state index contributed by atoms with van der Waals surface area (Å²) >= 11 is 2.53. The number of methoxy groups -OCH3 is 1. The minimum absolute atomic E-state index is 0.0278. The summed E-state index contributed by atoms with van der Waals surface area (Å²) in [7, 11) is 1.59. The summed E-state index contributed by atoms with van der Waals surface area (Å²) < 4.78 is 5.15. The first kappa shape index (κ1) is 18.1. The fourth-order valence-electron chi connectivity index (χ4n) is 1.99. The third kappa shape index (κ3) is 4.63. The number of nitrogens with two attached hydrogens (primary N) is 1. The molecule has 0 aliphatic heterocycles. The molecule has 6 nitrogen and oxygen atoms in total. The maximum atomic E-state index is 12.2. The van der Waals surface area contributed by atoms with Gasteiger partial charge < -0.3 is 10.5 Å². The van der Waals surface area contributed by atoms with Gasteiger partial charge in [-0.15, -0.1) is 11.8 Å². The zero-order valence-corrected chi connectivity index (χ0v) is 14.9. The molecule has 1 aromatic carbocycles. The average Bonchev–Trinajstić information content (AvgIpc) is 2.59. The van der Waals surface area contributed by atoms with Gasteiger partial charge in [0.1, 0.15) is 33.2 Å². The SMILES string of the molecule is COc1cccc(CC(=O)CSc2nc(N)nc(SC)c2C#N)c1. The van der Waals surface area contributed by atoms with Crippen LogP contribution in [0, 0.1) is 11.3 Å². The fourth-order valence-corrected chi connectivity index (χ4v) is 3.43. The molecule has 24 heavy (non-hydrogen) atoms. The highest BCUT2D eigenvalue weighted by molar-refractivity contribution is 8.00. The molecule has 0 radical (unpaired) electrons. The molecule has 124 valence electrons. The monoisotopic (exact) mass is 360 g/mol. The van der Waals surface area contributed by atoms with Crippen LogP contribution >= 0.6 is 23.5 Å². The van der Waals surface area contributed by atoms with Crippen LogP contribution in [0.4, 0.5) is 5.95 Å². The number of nitrogen functional groups attached to an aromatic ring is 1. The second-order valence-electron chi connectivity index (χ2n) is 4.74. The van der Waals surface area contributed by atoms with Crippen LogP contribution in [0.1, 0.15) is 11.1 Å². The summed E-state index contributed by atoms with van der Waals surface area (Å²) in [6.45, 7) is 0. The van der Waals surface area contributed by atoms with E-state index in [-0.39, 0.29) is 17.5 Å². The van der Waals surface area contributed by atoms with Crippen LogP contribution in [0.3, 0.4) is 0 Å². The Kier molecular flexibility index (Phi) is 6.46. The van der Waals surface area contributed by atoms with E-state index in [9.17, 15) is 10.1 Å². The molecule has 0 bridgehead atoms. The predicted octanol–water partition coefficient (Wildman–Crippen LogP) is 2.56. The summed E-state index contributed by atoms with van der Waals surface area (Å²) in [6, 6.07) is 9.46. The molecule has 0 saturated heterocycles. The Morgan fingerprint density at radius 3 is 2.79 bits per heavy atom. The number of anilines is 1. The van der Waals surface area contributed by atoms with Gasteiger partial charge in [-0.1, -0.05) is 23.9 Å². The topological polar surface area (TPSA) is 102 Å². The third-order valence-electron chi connectivity index (χ3n) is 3.07. The summed E-state index contributed by atoms with van der Waals surface area (Å²) in [5.41, 5.74) is 6.90. The van der Waals surface area contributed by atoms with Gasteiger partial charge in [0.15, 0.2) is 0 Å². The van der Waals surface area contributed by atoms with Gasteiger partial charge in [0.25, 0.3) is 0 Å². The number of ketones is 1. The van der Waals surface area contributed by atoms with Gasteiger partial charge in [0.05, 0.1) is 12.9 Å². The number of rotatable bonds is 7. The standard InChI is InChI=1S/C16H16N4O2S2/c1-22-12-5-3-4-10(7-12)6-11(21)9-24-15-13(8-17)14(23-2)19-16(18)20-15/h3-5,7H,6,9H2,1-2H3,(H2,18,19,20). The predicted molar refractivity (Wildman–Crippen MR) is 95.4 cm³/mol. The van der Waals surface area contributed by atoms with Crippen molar-refractivity contribution < 1.29 is 9.53 Å². The minimum atomic E-state index is 0.0278. The van der Waals surface area contributed by atoms with Crippen LogP contribution < -0.4 is 10.5 Å². The summed E-state index contributed by atoms with van der Waals surface area (Å²) in [4.78, 5) is 20.3. The minimum Gasteiger partial charge on any atom is -0.497 e. The van der Waals surface area contributed by atoms with Crippen molar-refractivity contribution in [2.45, 2.75) is 16.5 Å². The summed E-state index contributed by atoms with van der Waals surface area (Å²) in [5, 5.41) is 10.2. The number of aromatic nitrogens is 2. The normalized spacial score (nSPS) is 10.2. The lowest BCUT2D eigenvalue weighted by atomic mass is 10.1. The molecule has 0 aliphatic rings. The quantitative estimate of drug-likeness (QED) is 0.594. The molecule has 1 aromatic heterocycles. The van der Waals surface area contributed by atoms with E-state index in [1.54, 1.807) is 7.11 Å². The molecular weight excluding hydrogens is 344 g/mol. The molecule has 0 amide bonds. The number of nitrogens with zero attached hydrogens (tertiary/aromatic N) is 3. The van der Waals surface area contributed by atoms with Gasteiger partial charge in [-0.05, 0) is 24.0 Å². The number of thioether (sulfide) groups is 2. The number of Topliss-reactive ketones (excluding diaryl/α,β-unsaturated/α-hetero) is 1. The molecule has 2 rings (SSSR count). The molecule has 0 saturated carbocycles. The van der Waals surface area contributed by atoms with E-state index in [2.05, 4.69) is 16.0 Å². The zero-order valence-electron chi connectivity index (χ0n) is 13.3. The number of nitriles is 1. The van der Waals surface area contributed by atoms with Gasteiger partial charge in [-0.2, -0.15) is 5.26 Å². The van der Waals surface area contributed by atoms with Crippen molar-refractivity contribution in [3.05, 3.63) is 35.4 Å². The molecule has 0 atom stereocenters. The lowest BCUT2D eigenvalue weighted by Gasteiger charge is -2.07. The maximum Gasteiger partial charge on any atom is 0.222 e. The van der Waals surface area contributed by atoms with Crippen LogP contribution in [0.2, 0.25) is 0 Å². The first-order valence-electron chi connectivity index (χ1n) is 6.96. The Morgan fingerprint density at radius 2 is 2.12 bits per heavy atom. The highest BCUT2D eigenvalue weighted by atomic mass is 32.2.